The van der Waals surface area contributed by atoms with Gasteiger partial charge in [0.2, 0.25) is 0 Å². The van der Waals surface area contributed by atoms with Crippen molar-refractivity contribution in [2.75, 3.05) is 10.0 Å². The van der Waals surface area contributed by atoms with Gasteiger partial charge in [-0.05, 0) is 48.0 Å². The molecule has 0 atom stereocenters. The van der Waals surface area contributed by atoms with Gasteiger partial charge < -0.3 is 15.2 Å². The maximum Gasteiger partial charge on any atom is 0.261 e. The molecule has 0 fully saturated rings. The van der Waals surface area contributed by atoms with E-state index >= 15 is 0 Å². The van der Waals surface area contributed by atoms with Gasteiger partial charge in [-0.3, -0.25) is 9.52 Å². The molecule has 28 heavy (non-hydrogen) atoms. The molecule has 0 aliphatic rings. The van der Waals surface area contributed by atoms with Crippen LogP contribution in [0.5, 0.6) is 0 Å². The van der Waals surface area contributed by atoms with E-state index in [1.54, 1.807) is 24.3 Å². The minimum Gasteiger partial charge on any atom is -0.545 e. The highest BCUT2D eigenvalue weighted by molar-refractivity contribution is 7.92. The van der Waals surface area contributed by atoms with Crippen LogP contribution in [-0.4, -0.2) is 20.3 Å². The van der Waals surface area contributed by atoms with Crippen molar-refractivity contribution >= 4 is 33.3 Å². The van der Waals surface area contributed by atoms with Gasteiger partial charge in [0.25, 0.3) is 15.9 Å². The van der Waals surface area contributed by atoms with Crippen LogP contribution in [0.4, 0.5) is 11.4 Å². The second kappa shape index (κ2) is 7.93. The molecule has 3 aromatic carbocycles. The number of hydrogen-bond acceptors (Lipinski definition) is 5. The van der Waals surface area contributed by atoms with Crippen molar-refractivity contribution < 1.29 is 23.1 Å². The van der Waals surface area contributed by atoms with E-state index in [1.165, 1.54) is 42.5 Å². The predicted molar refractivity (Wildman–Crippen MR) is 102 cm³/mol. The third kappa shape index (κ3) is 4.54. The summed E-state index contributed by atoms with van der Waals surface area (Å²) < 4.78 is 27.5. The molecule has 2 N–H and O–H groups in total. The molecule has 0 heterocycles. The highest BCUT2D eigenvalue weighted by Gasteiger charge is 2.17. The first-order valence-electron chi connectivity index (χ1n) is 8.16. The first kappa shape index (κ1) is 19.1. The maximum atomic E-state index is 12.6. The fourth-order valence-corrected chi connectivity index (χ4v) is 3.55. The number of carboxylic acids is 1. The van der Waals surface area contributed by atoms with Crippen molar-refractivity contribution in [2.45, 2.75) is 4.90 Å². The average Bonchev–Trinajstić information content (AvgIpc) is 2.68. The summed E-state index contributed by atoms with van der Waals surface area (Å²) >= 11 is 0. The Kier molecular flexibility index (Phi) is 5.42. The smallest absolute Gasteiger partial charge is 0.261 e. The summed E-state index contributed by atoms with van der Waals surface area (Å²) in [6, 6.07) is 19.5. The van der Waals surface area contributed by atoms with Gasteiger partial charge in [-0.25, -0.2) is 8.42 Å². The van der Waals surface area contributed by atoms with Crippen LogP contribution in [0.15, 0.2) is 83.8 Å². The Hall–Kier alpha value is -3.65. The van der Waals surface area contributed by atoms with E-state index in [0.29, 0.717) is 5.69 Å². The fraction of sp³-hybridized carbons (Fsp3) is 0. The van der Waals surface area contributed by atoms with Gasteiger partial charge in [0.05, 0.1) is 10.9 Å². The largest absolute Gasteiger partial charge is 0.545 e. The minimum atomic E-state index is -4.03. The number of aromatic carboxylic acids is 1. The van der Waals surface area contributed by atoms with Crippen LogP contribution in [0.3, 0.4) is 0 Å². The van der Waals surface area contributed by atoms with E-state index in [4.69, 9.17) is 0 Å². The number of nitrogens with one attached hydrogen (secondary N) is 2. The number of carbonyl (C=O) groups is 2. The summed E-state index contributed by atoms with van der Waals surface area (Å²) in [5.74, 6) is -1.87. The number of rotatable bonds is 6. The van der Waals surface area contributed by atoms with Gasteiger partial charge >= 0.3 is 0 Å². The van der Waals surface area contributed by atoms with Crippen molar-refractivity contribution in [2.24, 2.45) is 0 Å². The third-order valence-electron chi connectivity index (χ3n) is 3.79. The van der Waals surface area contributed by atoms with E-state index in [1.807, 2.05) is 6.07 Å². The van der Waals surface area contributed by atoms with E-state index in [0.717, 1.165) is 6.07 Å². The van der Waals surface area contributed by atoms with E-state index in [2.05, 4.69) is 10.0 Å². The summed E-state index contributed by atoms with van der Waals surface area (Å²) in [5.41, 5.74) is 0.658. The monoisotopic (exact) mass is 395 g/mol. The standard InChI is InChI=1S/C20H16N2O5S/c23-19(21-16-8-2-1-3-9-16)14-6-5-11-18(13-14)28(26,27)22-17-10-4-7-15(12-17)20(24)25/h1-13,22H,(H,21,23)(H,24,25)/p-1. The Morgan fingerprint density at radius 2 is 1.39 bits per heavy atom. The number of hydrogen-bond donors (Lipinski definition) is 2. The topological polar surface area (TPSA) is 115 Å². The molecule has 7 nitrogen and oxygen atoms in total. The normalized spacial score (nSPS) is 10.9. The van der Waals surface area contributed by atoms with Crippen LogP contribution < -0.4 is 15.1 Å². The molecule has 0 aromatic heterocycles. The molecular formula is C20H15N2O5S-. The molecule has 8 heteroatoms. The Morgan fingerprint density at radius 1 is 0.750 bits per heavy atom. The van der Waals surface area contributed by atoms with Crippen LogP contribution in [0.2, 0.25) is 0 Å². The van der Waals surface area contributed by atoms with E-state index in [-0.39, 0.29) is 21.7 Å². The van der Waals surface area contributed by atoms with Crippen molar-refractivity contribution in [1.82, 2.24) is 0 Å². The maximum absolute atomic E-state index is 12.6. The lowest BCUT2D eigenvalue weighted by molar-refractivity contribution is -0.255. The Balaban J connectivity index is 1.83. The summed E-state index contributed by atoms with van der Waals surface area (Å²) in [5, 5.41) is 13.6. The predicted octanol–water partition coefficient (Wildman–Crippen LogP) is 2.10. The number of benzene rings is 3. The third-order valence-corrected chi connectivity index (χ3v) is 5.17. The number of carboxylic acid groups (broad SMARTS) is 1. The van der Waals surface area contributed by atoms with Crippen LogP contribution in [0.25, 0.3) is 0 Å². The lowest BCUT2D eigenvalue weighted by Gasteiger charge is -2.11. The van der Waals surface area contributed by atoms with E-state index < -0.39 is 21.9 Å². The zero-order chi connectivity index (χ0) is 20.1. The first-order chi connectivity index (χ1) is 13.3. The number of sulfonamides is 1. The number of amides is 1. The zero-order valence-corrected chi connectivity index (χ0v) is 15.3. The van der Waals surface area contributed by atoms with E-state index in [9.17, 15) is 23.1 Å². The second-order valence-corrected chi connectivity index (χ2v) is 7.50. The molecule has 0 unspecified atom stereocenters. The molecule has 0 aliphatic heterocycles. The Morgan fingerprint density at radius 3 is 2.11 bits per heavy atom. The number of para-hydroxylation sites is 1. The average molecular weight is 395 g/mol. The van der Waals surface area contributed by atoms with Crippen LogP contribution >= 0.6 is 0 Å². The molecule has 142 valence electrons. The van der Waals surface area contributed by atoms with Crippen LogP contribution in [-0.2, 0) is 10.0 Å². The molecule has 3 aromatic rings. The highest BCUT2D eigenvalue weighted by Crippen LogP contribution is 2.19. The van der Waals surface area contributed by atoms with Crippen molar-refractivity contribution in [3.63, 3.8) is 0 Å². The van der Waals surface area contributed by atoms with Gasteiger partial charge in [-0.15, -0.1) is 0 Å². The van der Waals surface area contributed by atoms with Gasteiger partial charge in [0, 0.05) is 16.9 Å². The summed E-state index contributed by atoms with van der Waals surface area (Å²) in [4.78, 5) is 23.2. The van der Waals surface area contributed by atoms with Gasteiger partial charge in [0.15, 0.2) is 0 Å². The first-order valence-corrected chi connectivity index (χ1v) is 9.64. The molecule has 0 saturated heterocycles. The number of carbonyl (C=O) groups excluding carboxylic acids is 2. The highest BCUT2D eigenvalue weighted by atomic mass is 32.2. The van der Waals surface area contributed by atoms with Crippen molar-refractivity contribution in [3.8, 4) is 0 Å². The zero-order valence-electron chi connectivity index (χ0n) is 14.5. The summed E-state index contributed by atoms with van der Waals surface area (Å²) in [6.07, 6.45) is 0. The van der Waals surface area contributed by atoms with Crippen LogP contribution in [0.1, 0.15) is 20.7 Å². The Labute approximate surface area is 161 Å². The SMILES string of the molecule is O=C([O-])c1cccc(NS(=O)(=O)c2cccc(C(=O)Nc3ccccc3)c2)c1. The Bertz CT molecular complexity index is 1130. The molecule has 0 aliphatic carbocycles. The molecule has 0 bridgehead atoms. The summed E-state index contributed by atoms with van der Waals surface area (Å²) in [6.45, 7) is 0. The van der Waals surface area contributed by atoms with Gasteiger partial charge in [0.1, 0.15) is 0 Å². The van der Waals surface area contributed by atoms with Crippen LogP contribution in [0, 0.1) is 0 Å². The lowest BCUT2D eigenvalue weighted by Crippen LogP contribution is -2.22. The molecular weight excluding hydrogens is 380 g/mol. The van der Waals surface area contributed by atoms with Crippen molar-refractivity contribution in [3.05, 3.63) is 90.0 Å². The number of anilines is 2. The van der Waals surface area contributed by atoms with Gasteiger partial charge in [-0.1, -0.05) is 36.4 Å². The fourth-order valence-electron chi connectivity index (χ4n) is 2.45. The lowest BCUT2D eigenvalue weighted by atomic mass is 10.2. The van der Waals surface area contributed by atoms with Crippen molar-refractivity contribution in [1.29, 1.82) is 0 Å². The molecule has 0 radical (unpaired) electrons. The molecule has 0 saturated carbocycles. The molecule has 1 amide bonds. The molecule has 3 rings (SSSR count). The molecule has 0 spiro atoms. The minimum absolute atomic E-state index is 0.0702. The summed E-state index contributed by atoms with van der Waals surface area (Å²) in [7, 11) is -4.03. The second-order valence-electron chi connectivity index (χ2n) is 5.82. The quantitative estimate of drug-likeness (QED) is 0.663. The van der Waals surface area contributed by atoms with Gasteiger partial charge in [-0.2, -0.15) is 0 Å².